The molecule has 0 radical (unpaired) electrons. The molecule has 0 saturated carbocycles. The number of nitrogens with zero attached hydrogens (tertiary/aromatic N) is 2. The van der Waals surface area contributed by atoms with Crippen molar-refractivity contribution in [1.29, 1.82) is 0 Å². The van der Waals surface area contributed by atoms with E-state index < -0.39 is 0 Å². The van der Waals surface area contributed by atoms with Gasteiger partial charge < -0.3 is 5.32 Å². The average Bonchev–Trinajstić information content (AvgIpc) is 2.83. The fourth-order valence-corrected chi connectivity index (χ4v) is 2.85. The van der Waals surface area contributed by atoms with Gasteiger partial charge in [-0.15, -0.1) is 11.3 Å². The van der Waals surface area contributed by atoms with Crippen molar-refractivity contribution in [2.75, 3.05) is 13.6 Å². The Hall–Kier alpha value is -1.23. The highest BCUT2D eigenvalue weighted by Crippen LogP contribution is 2.14. The predicted molar refractivity (Wildman–Crippen MR) is 85.8 cm³/mol. The Bertz CT molecular complexity index is 536. The minimum atomic E-state index is 0.903. The van der Waals surface area contributed by atoms with E-state index in [4.69, 9.17) is 0 Å². The molecule has 1 aromatic carbocycles. The van der Waals surface area contributed by atoms with E-state index in [-0.39, 0.29) is 0 Å². The Kier molecular flexibility index (Phi) is 5.71. The summed E-state index contributed by atoms with van der Waals surface area (Å²) in [5.74, 6) is 0. The van der Waals surface area contributed by atoms with Crippen LogP contribution in [-0.2, 0) is 19.6 Å². The lowest BCUT2D eigenvalue weighted by Crippen LogP contribution is -2.20. The molecule has 0 aliphatic heterocycles. The molecule has 0 spiro atoms. The van der Waals surface area contributed by atoms with Gasteiger partial charge in [-0.05, 0) is 31.6 Å². The zero-order valence-electron chi connectivity index (χ0n) is 12.5. The molecule has 1 heterocycles. The molecule has 2 aromatic rings. The third-order valence-electron chi connectivity index (χ3n) is 3.22. The number of hydrogen-bond donors (Lipinski definition) is 1. The van der Waals surface area contributed by atoms with Gasteiger partial charge in [-0.25, -0.2) is 4.98 Å². The van der Waals surface area contributed by atoms with Crippen LogP contribution in [-0.4, -0.2) is 23.5 Å². The van der Waals surface area contributed by atoms with Gasteiger partial charge >= 0.3 is 0 Å². The lowest BCUT2D eigenvalue weighted by atomic mass is 10.1. The van der Waals surface area contributed by atoms with Gasteiger partial charge in [-0.2, -0.15) is 0 Å². The summed E-state index contributed by atoms with van der Waals surface area (Å²) in [5, 5.41) is 6.69. The highest BCUT2D eigenvalue weighted by molar-refractivity contribution is 7.09. The maximum Gasteiger partial charge on any atom is 0.0897 e. The molecule has 0 atom stereocenters. The standard InChI is InChI=1S/C16H23N3S/c1-4-17-9-14-7-5-6-8-15(14)10-19(3)11-16-12-20-13(2)18-16/h5-8,12,17H,4,9-11H2,1-3H3. The number of rotatable bonds is 7. The minimum absolute atomic E-state index is 0.903. The first-order chi connectivity index (χ1) is 9.69. The molecule has 2 rings (SSSR count). The van der Waals surface area contributed by atoms with Crippen LogP contribution < -0.4 is 5.32 Å². The van der Waals surface area contributed by atoms with Crippen LogP contribution in [0.4, 0.5) is 0 Å². The van der Waals surface area contributed by atoms with Crippen LogP contribution in [0.3, 0.4) is 0 Å². The largest absolute Gasteiger partial charge is 0.313 e. The zero-order valence-corrected chi connectivity index (χ0v) is 13.3. The summed E-state index contributed by atoms with van der Waals surface area (Å²) in [5.41, 5.74) is 3.94. The topological polar surface area (TPSA) is 28.2 Å². The third-order valence-corrected chi connectivity index (χ3v) is 4.04. The van der Waals surface area contributed by atoms with Crippen molar-refractivity contribution in [3.05, 3.63) is 51.5 Å². The smallest absolute Gasteiger partial charge is 0.0897 e. The Morgan fingerprint density at radius 3 is 2.60 bits per heavy atom. The molecular formula is C16H23N3S. The van der Waals surface area contributed by atoms with Crippen molar-refractivity contribution in [3.63, 3.8) is 0 Å². The van der Waals surface area contributed by atoms with Crippen LogP contribution in [0.15, 0.2) is 29.6 Å². The van der Waals surface area contributed by atoms with Gasteiger partial charge in [-0.3, -0.25) is 4.90 Å². The number of aromatic nitrogens is 1. The molecule has 0 aliphatic carbocycles. The van der Waals surface area contributed by atoms with Crippen molar-refractivity contribution >= 4 is 11.3 Å². The van der Waals surface area contributed by atoms with Gasteiger partial charge in [0.1, 0.15) is 0 Å². The normalized spacial score (nSPS) is 11.2. The average molecular weight is 289 g/mol. The van der Waals surface area contributed by atoms with Gasteiger partial charge in [-0.1, -0.05) is 31.2 Å². The second-order valence-corrected chi connectivity index (χ2v) is 6.14. The molecule has 0 saturated heterocycles. The molecule has 3 nitrogen and oxygen atoms in total. The van der Waals surface area contributed by atoms with Crippen LogP contribution in [0, 0.1) is 6.92 Å². The van der Waals surface area contributed by atoms with Gasteiger partial charge in [0.15, 0.2) is 0 Å². The quantitative estimate of drug-likeness (QED) is 0.848. The van der Waals surface area contributed by atoms with E-state index in [2.05, 4.69) is 65.7 Å². The van der Waals surface area contributed by atoms with Crippen LogP contribution in [0.1, 0.15) is 28.8 Å². The van der Waals surface area contributed by atoms with Crippen molar-refractivity contribution < 1.29 is 0 Å². The molecule has 108 valence electrons. The first-order valence-electron chi connectivity index (χ1n) is 7.06. The minimum Gasteiger partial charge on any atom is -0.313 e. The lowest BCUT2D eigenvalue weighted by molar-refractivity contribution is 0.314. The predicted octanol–water partition coefficient (Wildman–Crippen LogP) is 3.19. The van der Waals surface area contributed by atoms with Gasteiger partial charge in [0.2, 0.25) is 0 Å². The Morgan fingerprint density at radius 2 is 1.95 bits per heavy atom. The van der Waals surface area contributed by atoms with Gasteiger partial charge in [0.25, 0.3) is 0 Å². The fourth-order valence-electron chi connectivity index (χ4n) is 2.25. The Labute approximate surface area is 125 Å². The molecule has 4 heteroatoms. The van der Waals surface area contributed by atoms with Gasteiger partial charge in [0.05, 0.1) is 10.7 Å². The van der Waals surface area contributed by atoms with Crippen molar-refractivity contribution in [2.24, 2.45) is 0 Å². The molecule has 0 aliphatic rings. The van der Waals surface area contributed by atoms with Crippen LogP contribution in [0.5, 0.6) is 0 Å². The lowest BCUT2D eigenvalue weighted by Gasteiger charge is -2.18. The van der Waals surface area contributed by atoms with E-state index >= 15 is 0 Å². The van der Waals surface area contributed by atoms with E-state index in [1.807, 2.05) is 0 Å². The Morgan fingerprint density at radius 1 is 1.20 bits per heavy atom. The van der Waals surface area contributed by atoms with Crippen LogP contribution in [0.2, 0.25) is 0 Å². The molecule has 0 unspecified atom stereocenters. The summed E-state index contributed by atoms with van der Waals surface area (Å²) in [6.45, 7) is 8.00. The van der Waals surface area contributed by atoms with E-state index in [0.29, 0.717) is 0 Å². The number of benzene rings is 1. The van der Waals surface area contributed by atoms with E-state index in [0.717, 1.165) is 31.2 Å². The molecule has 1 aromatic heterocycles. The summed E-state index contributed by atoms with van der Waals surface area (Å²) in [4.78, 5) is 6.85. The molecule has 1 N–H and O–H groups in total. The maximum absolute atomic E-state index is 4.53. The van der Waals surface area contributed by atoms with Crippen LogP contribution in [0.25, 0.3) is 0 Å². The van der Waals surface area contributed by atoms with E-state index in [1.165, 1.54) is 16.8 Å². The first kappa shape index (κ1) is 15.2. The van der Waals surface area contributed by atoms with E-state index in [9.17, 15) is 0 Å². The summed E-state index contributed by atoms with van der Waals surface area (Å²) in [6.07, 6.45) is 0. The van der Waals surface area contributed by atoms with Crippen molar-refractivity contribution in [1.82, 2.24) is 15.2 Å². The Balaban J connectivity index is 1.98. The molecule has 0 bridgehead atoms. The summed E-state index contributed by atoms with van der Waals surface area (Å²) in [6, 6.07) is 8.65. The fraction of sp³-hybridized carbons (Fsp3) is 0.438. The number of aryl methyl sites for hydroxylation is 1. The number of nitrogens with one attached hydrogen (secondary N) is 1. The van der Waals surface area contributed by atoms with Crippen LogP contribution >= 0.6 is 11.3 Å². The summed E-state index contributed by atoms with van der Waals surface area (Å²) >= 11 is 1.72. The monoisotopic (exact) mass is 289 g/mol. The van der Waals surface area contributed by atoms with E-state index in [1.54, 1.807) is 11.3 Å². The molecule has 0 amide bonds. The van der Waals surface area contributed by atoms with Crippen molar-refractivity contribution in [3.8, 4) is 0 Å². The number of hydrogen-bond acceptors (Lipinski definition) is 4. The SMILES string of the molecule is CCNCc1ccccc1CN(C)Cc1csc(C)n1. The van der Waals surface area contributed by atoms with Crippen molar-refractivity contribution in [2.45, 2.75) is 33.5 Å². The molecular weight excluding hydrogens is 266 g/mol. The second-order valence-electron chi connectivity index (χ2n) is 5.08. The third kappa shape index (κ3) is 4.40. The summed E-state index contributed by atoms with van der Waals surface area (Å²) in [7, 11) is 2.15. The first-order valence-corrected chi connectivity index (χ1v) is 7.94. The molecule has 20 heavy (non-hydrogen) atoms. The number of thiazole rings is 1. The van der Waals surface area contributed by atoms with Gasteiger partial charge in [0, 0.05) is 25.0 Å². The molecule has 0 fully saturated rings. The maximum atomic E-state index is 4.53. The highest BCUT2D eigenvalue weighted by Gasteiger charge is 2.07. The highest BCUT2D eigenvalue weighted by atomic mass is 32.1. The second kappa shape index (κ2) is 7.53. The summed E-state index contributed by atoms with van der Waals surface area (Å²) < 4.78 is 0. The zero-order chi connectivity index (χ0) is 14.4.